The lowest BCUT2D eigenvalue weighted by Gasteiger charge is -2.37. The highest BCUT2D eigenvalue weighted by atomic mass is 15.3. The number of aryl methyl sites for hydroxylation is 2. The fraction of sp³-hybridized carbons (Fsp3) is 0.391. The third-order valence-electron chi connectivity index (χ3n) is 6.23. The normalized spacial score (nSPS) is 16.8. The number of anilines is 1. The molecule has 6 nitrogen and oxygen atoms in total. The molecule has 2 aromatic rings. The molecule has 0 aliphatic carbocycles. The Morgan fingerprint density at radius 2 is 2.03 bits per heavy atom. The van der Waals surface area contributed by atoms with Crippen LogP contribution >= 0.6 is 0 Å². The van der Waals surface area contributed by atoms with Crippen molar-refractivity contribution in [1.29, 1.82) is 5.41 Å². The number of aromatic nitrogens is 2. The fourth-order valence-corrected chi connectivity index (χ4v) is 4.27. The molecule has 0 unspecified atom stereocenters. The molecular weight excluding hydrogens is 360 g/mol. The number of allylic oxidation sites excluding steroid dienone is 1. The number of amidine groups is 1. The molecule has 0 bridgehead atoms. The van der Waals surface area contributed by atoms with Crippen LogP contribution in [-0.4, -0.2) is 40.2 Å². The molecule has 0 saturated heterocycles. The maximum Gasteiger partial charge on any atom is 0.131 e. The summed E-state index contributed by atoms with van der Waals surface area (Å²) in [7, 11) is 1.97. The zero-order chi connectivity index (χ0) is 20.7. The van der Waals surface area contributed by atoms with E-state index in [1.165, 1.54) is 16.7 Å². The summed E-state index contributed by atoms with van der Waals surface area (Å²) in [4.78, 5) is 4.34. The average Bonchev–Trinajstić information content (AvgIpc) is 3.05. The van der Waals surface area contributed by atoms with Crippen molar-refractivity contribution in [2.24, 2.45) is 12.8 Å². The maximum atomic E-state index is 8.94. The van der Waals surface area contributed by atoms with Crippen LogP contribution in [-0.2, 0) is 13.5 Å². The van der Waals surface area contributed by atoms with Gasteiger partial charge in [-0.25, -0.2) is 0 Å². The van der Waals surface area contributed by atoms with Gasteiger partial charge in [-0.15, -0.1) is 0 Å². The van der Waals surface area contributed by atoms with Crippen LogP contribution in [0.25, 0.3) is 11.1 Å². The van der Waals surface area contributed by atoms with Gasteiger partial charge in [-0.3, -0.25) is 10.1 Å². The topological polar surface area (TPSA) is 74.2 Å². The van der Waals surface area contributed by atoms with Crippen LogP contribution < -0.4 is 10.6 Å². The first-order chi connectivity index (χ1) is 13.9. The molecule has 0 atom stereocenters. The van der Waals surface area contributed by atoms with E-state index >= 15 is 0 Å². The Bertz CT molecular complexity index is 1010. The van der Waals surface area contributed by atoms with Gasteiger partial charge >= 0.3 is 0 Å². The average molecular weight is 391 g/mol. The van der Waals surface area contributed by atoms with Crippen LogP contribution in [0.15, 0.2) is 47.9 Å². The van der Waals surface area contributed by atoms with Crippen LogP contribution in [0.5, 0.6) is 0 Å². The summed E-state index contributed by atoms with van der Waals surface area (Å²) in [5.74, 6) is 0.528. The van der Waals surface area contributed by atoms with Gasteiger partial charge in [0.15, 0.2) is 0 Å². The minimum absolute atomic E-state index is 0.528. The smallest absolute Gasteiger partial charge is 0.131 e. The van der Waals surface area contributed by atoms with E-state index in [0.29, 0.717) is 12.4 Å². The maximum absolute atomic E-state index is 8.94. The Kier molecular flexibility index (Phi) is 4.94. The first-order valence-electron chi connectivity index (χ1n) is 10.2. The molecule has 29 heavy (non-hydrogen) atoms. The monoisotopic (exact) mass is 390 g/mol. The molecule has 6 heteroatoms. The van der Waals surface area contributed by atoms with E-state index in [2.05, 4.69) is 46.6 Å². The van der Waals surface area contributed by atoms with Gasteiger partial charge in [0.1, 0.15) is 5.84 Å². The first-order valence-corrected chi connectivity index (χ1v) is 10.2. The van der Waals surface area contributed by atoms with Crippen molar-refractivity contribution < 1.29 is 0 Å². The summed E-state index contributed by atoms with van der Waals surface area (Å²) < 4.78 is 1.91. The summed E-state index contributed by atoms with van der Waals surface area (Å²) >= 11 is 0. The quantitative estimate of drug-likeness (QED) is 0.621. The number of nitrogens with one attached hydrogen (secondary N) is 1. The highest BCUT2D eigenvalue weighted by molar-refractivity contribution is 6.09. The van der Waals surface area contributed by atoms with E-state index in [1.54, 1.807) is 0 Å². The lowest BCUT2D eigenvalue weighted by atomic mass is 9.95. The lowest BCUT2D eigenvalue weighted by Crippen LogP contribution is -2.42. The number of nitrogens with zero attached hydrogens (tertiary/aromatic N) is 4. The Morgan fingerprint density at radius 1 is 1.24 bits per heavy atom. The second-order valence-electron chi connectivity index (χ2n) is 8.13. The van der Waals surface area contributed by atoms with Crippen molar-refractivity contribution in [3.8, 4) is 11.1 Å². The van der Waals surface area contributed by atoms with E-state index in [4.69, 9.17) is 11.1 Å². The SMILES string of the molecule is C=C(C)N1CCC(N)=C(C(=N)N2CCCc3cc(-c4cnn(C)c4C)ccc32)C1. The van der Waals surface area contributed by atoms with Crippen LogP contribution in [0, 0.1) is 12.3 Å². The molecular formula is C23H30N6. The van der Waals surface area contributed by atoms with Gasteiger partial charge in [0, 0.05) is 67.0 Å². The highest BCUT2D eigenvalue weighted by Crippen LogP contribution is 2.34. The lowest BCUT2D eigenvalue weighted by molar-refractivity contribution is 0.363. The number of nitrogens with two attached hydrogens (primary N) is 1. The summed E-state index contributed by atoms with van der Waals surface area (Å²) in [5.41, 5.74) is 15.0. The number of hydrogen-bond donors (Lipinski definition) is 2. The fourth-order valence-electron chi connectivity index (χ4n) is 4.27. The highest BCUT2D eigenvalue weighted by Gasteiger charge is 2.27. The Morgan fingerprint density at radius 3 is 2.72 bits per heavy atom. The van der Waals surface area contributed by atoms with Gasteiger partial charge in [-0.1, -0.05) is 12.6 Å². The minimum atomic E-state index is 0.528. The van der Waals surface area contributed by atoms with Crippen LogP contribution in [0.2, 0.25) is 0 Å². The molecule has 2 aliphatic heterocycles. The molecule has 3 heterocycles. The van der Waals surface area contributed by atoms with Crippen LogP contribution in [0.1, 0.15) is 31.0 Å². The van der Waals surface area contributed by atoms with E-state index < -0.39 is 0 Å². The molecule has 2 aliphatic rings. The Balaban J connectivity index is 1.66. The predicted molar refractivity (Wildman–Crippen MR) is 119 cm³/mol. The van der Waals surface area contributed by atoms with Crippen molar-refractivity contribution in [3.63, 3.8) is 0 Å². The molecule has 0 spiro atoms. The van der Waals surface area contributed by atoms with Gasteiger partial charge in [0.2, 0.25) is 0 Å². The zero-order valence-electron chi connectivity index (χ0n) is 17.6. The summed E-state index contributed by atoms with van der Waals surface area (Å²) in [6.45, 7) is 10.6. The molecule has 0 radical (unpaired) electrons. The van der Waals surface area contributed by atoms with Gasteiger partial charge in [-0.2, -0.15) is 5.10 Å². The minimum Gasteiger partial charge on any atom is -0.402 e. The second kappa shape index (κ2) is 7.43. The Labute approximate surface area is 172 Å². The van der Waals surface area contributed by atoms with E-state index in [1.807, 2.05) is 24.9 Å². The van der Waals surface area contributed by atoms with Crippen molar-refractivity contribution in [1.82, 2.24) is 14.7 Å². The summed E-state index contributed by atoms with van der Waals surface area (Å²) in [6.07, 6.45) is 4.77. The third kappa shape index (κ3) is 3.43. The van der Waals surface area contributed by atoms with E-state index in [0.717, 1.165) is 60.7 Å². The van der Waals surface area contributed by atoms with E-state index in [9.17, 15) is 0 Å². The molecule has 1 aromatic carbocycles. The molecule has 0 amide bonds. The molecule has 0 saturated carbocycles. The number of hydrogen-bond acceptors (Lipinski definition) is 4. The number of rotatable bonds is 3. The molecule has 3 N–H and O–H groups in total. The van der Waals surface area contributed by atoms with Crippen molar-refractivity contribution >= 4 is 11.5 Å². The van der Waals surface area contributed by atoms with Crippen LogP contribution in [0.4, 0.5) is 5.69 Å². The zero-order valence-corrected chi connectivity index (χ0v) is 17.6. The van der Waals surface area contributed by atoms with Gasteiger partial charge < -0.3 is 15.5 Å². The van der Waals surface area contributed by atoms with Crippen molar-refractivity contribution in [3.05, 3.63) is 59.2 Å². The van der Waals surface area contributed by atoms with Gasteiger partial charge in [0.05, 0.1) is 6.20 Å². The summed E-state index contributed by atoms with van der Waals surface area (Å²) in [6, 6.07) is 6.56. The van der Waals surface area contributed by atoms with E-state index in [-0.39, 0.29) is 0 Å². The van der Waals surface area contributed by atoms with Crippen LogP contribution in [0.3, 0.4) is 0 Å². The molecule has 1 aromatic heterocycles. The first kappa shape index (κ1) is 19.3. The molecule has 152 valence electrons. The third-order valence-corrected chi connectivity index (χ3v) is 6.23. The van der Waals surface area contributed by atoms with Crippen molar-refractivity contribution in [2.45, 2.75) is 33.1 Å². The predicted octanol–water partition coefficient (Wildman–Crippen LogP) is 3.58. The molecule has 0 fully saturated rings. The number of fused-ring (bicyclic) bond motifs is 1. The largest absolute Gasteiger partial charge is 0.402 e. The van der Waals surface area contributed by atoms with Gasteiger partial charge in [0.25, 0.3) is 0 Å². The van der Waals surface area contributed by atoms with Crippen molar-refractivity contribution in [2.75, 3.05) is 24.5 Å². The molecule has 4 rings (SSSR count). The number of benzene rings is 1. The summed E-state index contributed by atoms with van der Waals surface area (Å²) in [5, 5.41) is 13.3. The second-order valence-corrected chi connectivity index (χ2v) is 8.13. The standard InChI is InChI=1S/C23H30N6/c1-15(2)28-11-9-21(24)20(14-28)23(25)29-10-5-6-18-12-17(7-8-22(18)29)19-13-26-27(4)16(19)3/h7-8,12-13,25H,1,5-6,9-11,14,24H2,2-4H3. The Hall–Kier alpha value is -3.02. The van der Waals surface area contributed by atoms with Gasteiger partial charge in [-0.05, 0) is 49.9 Å².